The van der Waals surface area contributed by atoms with Gasteiger partial charge >= 0.3 is 0 Å². The van der Waals surface area contributed by atoms with Crippen LogP contribution in [0.15, 0.2) is 44.0 Å². The van der Waals surface area contributed by atoms with E-state index in [-0.39, 0.29) is 16.5 Å². The molecule has 108 valence electrons. The highest BCUT2D eigenvalue weighted by Gasteiger charge is 2.23. The van der Waals surface area contributed by atoms with Crippen LogP contribution in [0.25, 0.3) is 0 Å². The topological polar surface area (TPSA) is 104 Å². The summed E-state index contributed by atoms with van der Waals surface area (Å²) in [4.78, 5) is 3.97. The summed E-state index contributed by atoms with van der Waals surface area (Å²) in [5.74, 6) is -0.358. The molecule has 9 heteroatoms. The Hall–Kier alpha value is -2.26. The van der Waals surface area contributed by atoms with Gasteiger partial charge < -0.3 is 5.11 Å². The fraction of sp³-hybridized carbons (Fsp3) is 0.0833. The van der Waals surface area contributed by atoms with E-state index in [1.165, 1.54) is 12.1 Å². The molecule has 2 heterocycles. The lowest BCUT2D eigenvalue weighted by Gasteiger charge is -2.10. The van der Waals surface area contributed by atoms with Gasteiger partial charge in [-0.3, -0.25) is 4.72 Å². The number of aromatic nitrogens is 1. The first-order chi connectivity index (χ1) is 9.97. The predicted octanol–water partition coefficient (Wildman–Crippen LogP) is 2.62. The van der Waals surface area contributed by atoms with Gasteiger partial charge in [0, 0.05) is 5.69 Å². The molecule has 0 saturated heterocycles. The number of aromatic hydroxyl groups is 1. The van der Waals surface area contributed by atoms with E-state index in [0.29, 0.717) is 17.1 Å². The molecule has 1 aliphatic heterocycles. The lowest BCUT2D eigenvalue weighted by Crippen LogP contribution is -2.14. The number of anilines is 1. The summed E-state index contributed by atoms with van der Waals surface area (Å²) < 4.78 is 35.2. The molecule has 0 atom stereocenters. The minimum atomic E-state index is -3.92. The summed E-state index contributed by atoms with van der Waals surface area (Å²) in [5.41, 5.74) is 1.38. The molecule has 0 aliphatic carbocycles. The third-order valence-corrected chi connectivity index (χ3v) is 4.70. The molecule has 0 saturated carbocycles. The monoisotopic (exact) mass is 322 g/mol. The van der Waals surface area contributed by atoms with Crippen LogP contribution in [0.1, 0.15) is 5.69 Å². The number of sulfonamides is 1. The lowest BCUT2D eigenvalue weighted by atomic mass is 10.3. The van der Waals surface area contributed by atoms with Crippen molar-refractivity contribution in [2.75, 3.05) is 4.72 Å². The molecule has 0 amide bonds. The molecule has 0 radical (unpaired) electrons. The molecule has 0 fully saturated rings. The number of aryl methyl sites for hydroxylation is 1. The van der Waals surface area contributed by atoms with E-state index in [4.69, 9.17) is 0 Å². The second-order valence-corrected chi connectivity index (χ2v) is 6.49. The average Bonchev–Trinajstić information content (AvgIpc) is 2.90. The molecule has 1 aromatic carbocycles. The highest BCUT2D eigenvalue weighted by molar-refractivity contribution is 7.93. The first kappa shape index (κ1) is 13.7. The predicted molar refractivity (Wildman–Crippen MR) is 79.4 cm³/mol. The summed E-state index contributed by atoms with van der Waals surface area (Å²) >= 11 is 0.938. The van der Waals surface area contributed by atoms with E-state index in [0.717, 1.165) is 11.4 Å². The Labute approximate surface area is 124 Å². The minimum Gasteiger partial charge on any atom is -0.504 e. The van der Waals surface area contributed by atoms with Crippen LogP contribution in [0.2, 0.25) is 0 Å². The van der Waals surface area contributed by atoms with Crippen molar-refractivity contribution in [1.29, 1.82) is 0 Å². The zero-order chi connectivity index (χ0) is 15.0. The van der Waals surface area contributed by atoms with E-state index in [1.807, 2.05) is 0 Å². The maximum absolute atomic E-state index is 12.5. The summed E-state index contributed by atoms with van der Waals surface area (Å²) in [7, 11) is -3.92. The highest BCUT2D eigenvalue weighted by Crippen LogP contribution is 2.38. The van der Waals surface area contributed by atoms with E-state index in [9.17, 15) is 13.5 Å². The Balaban J connectivity index is 2.05. The molecule has 2 aromatic rings. The van der Waals surface area contributed by atoms with Crippen LogP contribution in [0.5, 0.6) is 5.75 Å². The van der Waals surface area contributed by atoms with Gasteiger partial charge in [0.2, 0.25) is 0 Å². The fourth-order valence-electron chi connectivity index (χ4n) is 1.80. The number of hydrogen-bond donors (Lipinski definition) is 2. The molecular formula is C12H10N4O3S2. The Morgan fingerprint density at radius 1 is 1.19 bits per heavy atom. The standard InChI is InChI=1S/C12H10N4O3S2/c1-7-5-6-9(17)12(13-7)16-21(18,19)10-4-2-3-8-11(10)15-20-14-8/h2-6,17H,1H3,(H,13,16). The second-order valence-electron chi connectivity index (χ2n) is 4.31. The quantitative estimate of drug-likeness (QED) is 0.773. The van der Waals surface area contributed by atoms with Crippen molar-refractivity contribution in [3.8, 4) is 5.75 Å². The van der Waals surface area contributed by atoms with Crippen molar-refractivity contribution >= 4 is 38.6 Å². The number of rotatable bonds is 3. The van der Waals surface area contributed by atoms with Crippen molar-refractivity contribution in [3.05, 3.63) is 36.0 Å². The first-order valence-electron chi connectivity index (χ1n) is 5.88. The van der Waals surface area contributed by atoms with E-state index in [2.05, 4.69) is 18.4 Å². The Kier molecular flexibility index (Phi) is 3.22. The molecule has 0 bridgehead atoms. The van der Waals surface area contributed by atoms with E-state index in [1.54, 1.807) is 25.1 Å². The molecule has 0 unspecified atom stereocenters. The Morgan fingerprint density at radius 2 is 2.00 bits per heavy atom. The number of nitrogens with one attached hydrogen (secondary N) is 1. The van der Waals surface area contributed by atoms with Crippen molar-refractivity contribution < 1.29 is 13.5 Å². The minimum absolute atomic E-state index is 0.00328. The third kappa shape index (κ3) is 2.52. The van der Waals surface area contributed by atoms with Gasteiger partial charge in [-0.25, -0.2) is 13.4 Å². The number of hydrogen-bond acceptors (Lipinski definition) is 6. The summed E-state index contributed by atoms with van der Waals surface area (Å²) in [5, 5.41) is 9.70. The van der Waals surface area contributed by atoms with Gasteiger partial charge in [0.05, 0.1) is 11.4 Å². The van der Waals surface area contributed by atoms with Gasteiger partial charge in [0.1, 0.15) is 16.3 Å². The third-order valence-electron chi connectivity index (χ3n) is 2.78. The summed E-state index contributed by atoms with van der Waals surface area (Å²) in [6.45, 7) is 1.70. The molecule has 1 aliphatic rings. The van der Waals surface area contributed by atoms with Crippen LogP contribution >= 0.6 is 0 Å². The van der Waals surface area contributed by atoms with E-state index < -0.39 is 10.0 Å². The van der Waals surface area contributed by atoms with Gasteiger partial charge in [-0.1, -0.05) is 6.07 Å². The first-order valence-corrected chi connectivity index (χ1v) is 8.09. The van der Waals surface area contributed by atoms with Crippen LogP contribution in [-0.4, -0.2) is 18.5 Å². The van der Waals surface area contributed by atoms with Gasteiger partial charge in [-0.15, -0.1) is 0 Å². The number of benzene rings is 1. The van der Waals surface area contributed by atoms with Crippen molar-refractivity contribution in [1.82, 2.24) is 4.98 Å². The normalized spacial score (nSPS) is 12.8. The van der Waals surface area contributed by atoms with Crippen LogP contribution in [0.3, 0.4) is 0 Å². The molecule has 0 spiro atoms. The maximum atomic E-state index is 12.5. The molecule has 3 rings (SSSR count). The zero-order valence-corrected chi connectivity index (χ0v) is 12.4. The largest absolute Gasteiger partial charge is 0.504 e. The molecule has 21 heavy (non-hydrogen) atoms. The number of nitrogens with zero attached hydrogens (tertiary/aromatic N) is 3. The molecule has 7 nitrogen and oxygen atoms in total. The van der Waals surface area contributed by atoms with Crippen molar-refractivity contribution in [2.45, 2.75) is 11.8 Å². The summed E-state index contributed by atoms with van der Waals surface area (Å²) in [6, 6.07) is 7.66. The Morgan fingerprint density at radius 3 is 2.81 bits per heavy atom. The average molecular weight is 322 g/mol. The van der Waals surface area contributed by atoms with Gasteiger partial charge in [-0.05, 0) is 31.2 Å². The second kappa shape index (κ2) is 4.93. The Bertz CT molecular complexity index is 903. The summed E-state index contributed by atoms with van der Waals surface area (Å²) in [6.07, 6.45) is 0. The van der Waals surface area contributed by atoms with Crippen LogP contribution in [0, 0.1) is 6.92 Å². The van der Waals surface area contributed by atoms with Crippen LogP contribution in [0.4, 0.5) is 17.2 Å². The van der Waals surface area contributed by atoms with Crippen molar-refractivity contribution in [3.63, 3.8) is 0 Å². The smallest absolute Gasteiger partial charge is 0.265 e. The number of fused-ring (bicyclic) bond motifs is 1. The highest BCUT2D eigenvalue weighted by atomic mass is 32.2. The molecule has 2 N–H and O–H groups in total. The van der Waals surface area contributed by atoms with Gasteiger partial charge in [-0.2, -0.15) is 8.73 Å². The SMILES string of the molecule is Cc1ccc(O)c(NS(=O)(=O)c2cccc3c2N=S=N3)n1. The molecule has 1 aromatic heterocycles. The fourth-order valence-corrected chi connectivity index (χ4v) is 3.59. The zero-order valence-electron chi connectivity index (χ0n) is 10.8. The van der Waals surface area contributed by atoms with Gasteiger partial charge in [0.15, 0.2) is 11.6 Å². The van der Waals surface area contributed by atoms with Crippen LogP contribution in [-0.2, 0) is 21.4 Å². The van der Waals surface area contributed by atoms with E-state index >= 15 is 0 Å². The van der Waals surface area contributed by atoms with Gasteiger partial charge in [0.25, 0.3) is 10.0 Å². The maximum Gasteiger partial charge on any atom is 0.265 e. The number of pyridine rings is 1. The van der Waals surface area contributed by atoms with Crippen LogP contribution < -0.4 is 4.72 Å². The lowest BCUT2D eigenvalue weighted by molar-refractivity contribution is 0.475. The van der Waals surface area contributed by atoms with Crippen molar-refractivity contribution in [2.24, 2.45) is 8.73 Å². The molecular weight excluding hydrogens is 312 g/mol.